The van der Waals surface area contributed by atoms with E-state index in [0.717, 1.165) is 43.0 Å². The quantitative estimate of drug-likeness (QED) is 0.126. The van der Waals surface area contributed by atoms with Crippen LogP contribution in [-0.4, -0.2) is 50.3 Å². The average Bonchev–Trinajstić information content (AvgIpc) is 3.06. The Kier molecular flexibility index (Phi) is 9.94. The standard InChI is InChI=1S/C36H36N2O5/c1-40-31-23-29-19-22-38(34(27-15-9-5-10-16-27)30(29)24-32(31)41-2)21-12-6-11-17-28-18-20-37-33(36(39)42-3)35(28)43-25-26-13-7-4-8-14-26/h4-5,7-10,13-16,18,20,23-24,34H,6,12,19,21-22,25H2,1-3H3. The van der Waals surface area contributed by atoms with Gasteiger partial charge in [0.05, 0.1) is 32.9 Å². The molecule has 0 N–H and O–H groups in total. The Labute approximate surface area is 253 Å². The van der Waals surface area contributed by atoms with Crippen molar-refractivity contribution in [1.82, 2.24) is 9.88 Å². The van der Waals surface area contributed by atoms with E-state index in [1.807, 2.05) is 36.4 Å². The first-order valence-electron chi connectivity index (χ1n) is 14.4. The Bertz CT molecular complexity index is 1590. The minimum Gasteiger partial charge on any atom is -0.493 e. The maximum absolute atomic E-state index is 12.4. The van der Waals surface area contributed by atoms with E-state index in [1.165, 1.54) is 23.8 Å². The average molecular weight is 577 g/mol. The minimum atomic E-state index is -0.557. The summed E-state index contributed by atoms with van der Waals surface area (Å²) in [5, 5.41) is 0. The molecule has 0 amide bonds. The molecule has 1 unspecified atom stereocenters. The van der Waals surface area contributed by atoms with Gasteiger partial charge in [-0.3, -0.25) is 4.90 Å². The van der Waals surface area contributed by atoms with Crippen LogP contribution >= 0.6 is 0 Å². The maximum atomic E-state index is 12.4. The number of rotatable bonds is 10. The smallest absolute Gasteiger partial charge is 0.360 e. The Morgan fingerprint density at radius 3 is 2.40 bits per heavy atom. The number of fused-ring (bicyclic) bond motifs is 1. The van der Waals surface area contributed by atoms with Crippen molar-refractivity contribution in [1.29, 1.82) is 0 Å². The molecule has 0 aliphatic carbocycles. The molecule has 4 aromatic rings. The molecule has 43 heavy (non-hydrogen) atoms. The predicted molar refractivity (Wildman–Crippen MR) is 166 cm³/mol. The number of nitrogens with zero attached hydrogens (tertiary/aromatic N) is 2. The first-order valence-corrected chi connectivity index (χ1v) is 14.4. The van der Waals surface area contributed by atoms with Crippen molar-refractivity contribution < 1.29 is 23.7 Å². The second-order valence-corrected chi connectivity index (χ2v) is 10.2. The van der Waals surface area contributed by atoms with E-state index in [1.54, 1.807) is 26.5 Å². The number of carbonyl (C=O) groups excluding carboxylic acids is 1. The minimum absolute atomic E-state index is 0.110. The lowest BCUT2D eigenvalue weighted by Crippen LogP contribution is -2.36. The van der Waals surface area contributed by atoms with E-state index in [9.17, 15) is 4.79 Å². The highest BCUT2D eigenvalue weighted by Crippen LogP contribution is 2.41. The number of benzene rings is 3. The zero-order valence-corrected chi connectivity index (χ0v) is 24.8. The summed E-state index contributed by atoms with van der Waals surface area (Å²) in [6, 6.07) is 26.5. The highest BCUT2D eigenvalue weighted by atomic mass is 16.5. The van der Waals surface area contributed by atoms with Crippen LogP contribution < -0.4 is 14.2 Å². The normalized spacial score (nSPS) is 14.2. The molecule has 7 nitrogen and oxygen atoms in total. The highest BCUT2D eigenvalue weighted by molar-refractivity contribution is 5.91. The van der Waals surface area contributed by atoms with Crippen LogP contribution in [0.2, 0.25) is 0 Å². The van der Waals surface area contributed by atoms with Gasteiger partial charge in [-0.1, -0.05) is 72.5 Å². The number of esters is 1. The molecule has 2 heterocycles. The highest BCUT2D eigenvalue weighted by Gasteiger charge is 2.30. The van der Waals surface area contributed by atoms with Gasteiger partial charge in [-0.05, 0) is 59.8 Å². The Balaban J connectivity index is 1.32. The van der Waals surface area contributed by atoms with Crippen molar-refractivity contribution in [3.05, 3.63) is 119 Å². The van der Waals surface area contributed by atoms with Gasteiger partial charge in [0.2, 0.25) is 0 Å². The summed E-state index contributed by atoms with van der Waals surface area (Å²) in [5.41, 5.74) is 5.48. The van der Waals surface area contributed by atoms with Gasteiger partial charge >= 0.3 is 5.97 Å². The molecule has 7 heteroatoms. The third-order valence-corrected chi connectivity index (χ3v) is 7.57. The largest absolute Gasteiger partial charge is 0.493 e. The Morgan fingerprint density at radius 2 is 1.67 bits per heavy atom. The van der Waals surface area contributed by atoms with Crippen LogP contribution in [0.15, 0.2) is 85.1 Å². The number of hydrogen-bond donors (Lipinski definition) is 0. The van der Waals surface area contributed by atoms with Gasteiger partial charge in [-0.2, -0.15) is 0 Å². The molecule has 0 saturated carbocycles. The molecule has 3 aromatic carbocycles. The second-order valence-electron chi connectivity index (χ2n) is 10.2. The molecule has 1 aliphatic rings. The number of aromatic nitrogens is 1. The number of ether oxygens (including phenoxy) is 4. The summed E-state index contributed by atoms with van der Waals surface area (Å²) in [6.07, 6.45) is 4.06. The van der Waals surface area contributed by atoms with Crippen molar-refractivity contribution >= 4 is 5.97 Å². The topological polar surface area (TPSA) is 70.1 Å². The molecule has 0 saturated heterocycles. The zero-order chi connectivity index (χ0) is 30.0. The van der Waals surface area contributed by atoms with Crippen LogP contribution in [0.5, 0.6) is 17.2 Å². The second kappa shape index (κ2) is 14.4. The SMILES string of the molecule is COC(=O)c1nccc(C#CCCCN2CCc3cc(OC)c(OC)cc3C2c2ccccc2)c1OCc1ccccc1. The summed E-state index contributed by atoms with van der Waals surface area (Å²) in [7, 11) is 4.68. The lowest BCUT2D eigenvalue weighted by molar-refractivity contribution is 0.0588. The molecule has 1 aromatic heterocycles. The van der Waals surface area contributed by atoms with Gasteiger partial charge in [0.1, 0.15) is 6.61 Å². The van der Waals surface area contributed by atoms with Crippen LogP contribution in [-0.2, 0) is 17.8 Å². The number of carbonyl (C=O) groups is 1. The monoisotopic (exact) mass is 576 g/mol. The van der Waals surface area contributed by atoms with Crippen LogP contribution in [0, 0.1) is 11.8 Å². The van der Waals surface area contributed by atoms with E-state index < -0.39 is 5.97 Å². The Hall–Kier alpha value is -4.80. The van der Waals surface area contributed by atoms with E-state index in [2.05, 4.69) is 58.1 Å². The van der Waals surface area contributed by atoms with Crippen LogP contribution in [0.1, 0.15) is 57.2 Å². The summed E-state index contributed by atoms with van der Waals surface area (Å²) in [4.78, 5) is 19.2. The van der Waals surface area contributed by atoms with Gasteiger partial charge in [0.15, 0.2) is 22.9 Å². The first-order chi connectivity index (χ1) is 21.1. The molecule has 1 atom stereocenters. The van der Waals surface area contributed by atoms with Gasteiger partial charge in [-0.25, -0.2) is 9.78 Å². The fraction of sp³-hybridized carbons (Fsp3) is 0.278. The first kappa shape index (κ1) is 29.7. The summed E-state index contributed by atoms with van der Waals surface area (Å²) in [6.45, 7) is 2.10. The molecular formula is C36H36N2O5. The van der Waals surface area contributed by atoms with E-state index in [-0.39, 0.29) is 11.7 Å². The van der Waals surface area contributed by atoms with Gasteiger partial charge in [-0.15, -0.1) is 0 Å². The van der Waals surface area contributed by atoms with Gasteiger partial charge in [0.25, 0.3) is 0 Å². The number of methoxy groups -OCH3 is 3. The fourth-order valence-electron chi connectivity index (χ4n) is 5.46. The third-order valence-electron chi connectivity index (χ3n) is 7.57. The lowest BCUT2D eigenvalue weighted by Gasteiger charge is -2.38. The fourth-order valence-corrected chi connectivity index (χ4v) is 5.46. The molecule has 220 valence electrons. The summed E-state index contributed by atoms with van der Waals surface area (Å²) in [5.74, 6) is 7.80. The van der Waals surface area contributed by atoms with Crippen LogP contribution in [0.4, 0.5) is 0 Å². The van der Waals surface area contributed by atoms with Gasteiger partial charge in [0, 0.05) is 19.2 Å². The van der Waals surface area contributed by atoms with E-state index in [4.69, 9.17) is 18.9 Å². The number of unbranched alkanes of at least 4 members (excludes halogenated alkanes) is 1. The van der Waals surface area contributed by atoms with E-state index >= 15 is 0 Å². The van der Waals surface area contributed by atoms with Crippen molar-refractivity contribution in [3.8, 4) is 29.1 Å². The van der Waals surface area contributed by atoms with Crippen molar-refractivity contribution in [3.63, 3.8) is 0 Å². The van der Waals surface area contributed by atoms with Crippen LogP contribution in [0.3, 0.4) is 0 Å². The van der Waals surface area contributed by atoms with Crippen molar-refractivity contribution in [2.45, 2.75) is 31.9 Å². The Morgan fingerprint density at radius 1 is 0.953 bits per heavy atom. The molecule has 0 spiro atoms. The van der Waals surface area contributed by atoms with Gasteiger partial charge < -0.3 is 18.9 Å². The molecule has 1 aliphatic heterocycles. The molecule has 0 bridgehead atoms. The zero-order valence-electron chi connectivity index (χ0n) is 24.8. The van der Waals surface area contributed by atoms with E-state index in [0.29, 0.717) is 24.3 Å². The molecule has 5 rings (SSSR count). The predicted octanol–water partition coefficient (Wildman–Crippen LogP) is 6.24. The number of hydrogen-bond acceptors (Lipinski definition) is 7. The third kappa shape index (κ3) is 6.99. The molecular weight excluding hydrogens is 540 g/mol. The summed E-state index contributed by atoms with van der Waals surface area (Å²) >= 11 is 0. The maximum Gasteiger partial charge on any atom is 0.360 e. The molecule has 0 fully saturated rings. The van der Waals surface area contributed by atoms with Crippen LogP contribution in [0.25, 0.3) is 0 Å². The van der Waals surface area contributed by atoms with Crippen molar-refractivity contribution in [2.24, 2.45) is 0 Å². The molecule has 0 radical (unpaired) electrons. The van der Waals surface area contributed by atoms with Crippen molar-refractivity contribution in [2.75, 3.05) is 34.4 Å². The number of pyridine rings is 1. The lowest BCUT2D eigenvalue weighted by atomic mass is 9.87. The summed E-state index contributed by atoms with van der Waals surface area (Å²) < 4.78 is 22.2.